The third-order valence-electron chi connectivity index (χ3n) is 5.04. The van der Waals surface area contributed by atoms with Crippen LogP contribution in [-0.2, 0) is 9.53 Å². The molecule has 1 aliphatic rings. The molecule has 2 amide bonds. The maximum Gasteiger partial charge on any atom is 0.410 e. The minimum absolute atomic E-state index is 0.192. The van der Waals surface area contributed by atoms with Crippen LogP contribution in [0.3, 0.4) is 0 Å². The molecular weight excluding hydrogens is 390 g/mol. The number of ether oxygens (including phenoxy) is 1. The van der Waals surface area contributed by atoms with E-state index in [2.05, 4.69) is 10.3 Å². The molecule has 0 fully saturated rings. The summed E-state index contributed by atoms with van der Waals surface area (Å²) in [7, 11) is 0. The molecule has 6 heteroatoms. The highest BCUT2D eigenvalue weighted by atomic mass is 16.6. The van der Waals surface area contributed by atoms with E-state index in [4.69, 9.17) is 4.74 Å². The summed E-state index contributed by atoms with van der Waals surface area (Å²) in [6, 6.07) is 17.2. The van der Waals surface area contributed by atoms with Crippen molar-refractivity contribution in [2.45, 2.75) is 26.4 Å². The molecule has 2 heterocycles. The Bertz CT molecular complexity index is 1160. The van der Waals surface area contributed by atoms with E-state index in [0.717, 1.165) is 21.9 Å². The van der Waals surface area contributed by atoms with Gasteiger partial charge in [-0.3, -0.25) is 14.7 Å². The van der Waals surface area contributed by atoms with Crippen LogP contribution in [0.4, 0.5) is 10.5 Å². The first-order valence-electron chi connectivity index (χ1n) is 10.2. The van der Waals surface area contributed by atoms with Gasteiger partial charge < -0.3 is 10.1 Å². The molecule has 158 valence electrons. The number of carbonyl (C=O) groups is 2. The largest absolute Gasteiger partial charge is 0.444 e. The van der Waals surface area contributed by atoms with Gasteiger partial charge in [0.2, 0.25) is 0 Å². The Hall–Kier alpha value is -3.67. The predicted octanol–water partition coefficient (Wildman–Crippen LogP) is 4.88. The number of anilines is 1. The molecule has 3 aromatic rings. The van der Waals surface area contributed by atoms with Crippen molar-refractivity contribution in [1.82, 2.24) is 9.88 Å². The first kappa shape index (κ1) is 20.6. The van der Waals surface area contributed by atoms with Crippen LogP contribution in [0, 0.1) is 0 Å². The molecule has 0 atom stereocenters. The number of fused-ring (bicyclic) bond motifs is 1. The second-order valence-corrected chi connectivity index (χ2v) is 8.52. The Morgan fingerprint density at radius 2 is 1.77 bits per heavy atom. The Morgan fingerprint density at radius 3 is 2.52 bits per heavy atom. The normalized spacial score (nSPS) is 14.1. The Balaban J connectivity index is 1.65. The molecule has 4 rings (SSSR count). The van der Waals surface area contributed by atoms with Gasteiger partial charge in [0.25, 0.3) is 5.91 Å². The number of carbonyl (C=O) groups excluding carboxylic acids is 2. The zero-order valence-electron chi connectivity index (χ0n) is 17.9. The zero-order valence-corrected chi connectivity index (χ0v) is 17.9. The standard InChI is InChI=1S/C25H25N3O3/c1-25(2,3)31-24(30)28-15-20(17-8-5-4-6-9-17)21(16-28)23(29)27-22-11-7-10-18-14-26-13-12-19(18)22/h4-14H,15-16H2,1-3H3,(H,27,29). The number of rotatable bonds is 3. The Kier molecular flexibility index (Phi) is 5.46. The molecule has 2 aromatic carbocycles. The number of amides is 2. The van der Waals surface area contributed by atoms with Gasteiger partial charge in [-0.25, -0.2) is 4.79 Å². The quantitative estimate of drug-likeness (QED) is 0.662. The van der Waals surface area contributed by atoms with E-state index in [1.54, 1.807) is 17.3 Å². The van der Waals surface area contributed by atoms with Gasteiger partial charge in [-0.15, -0.1) is 0 Å². The van der Waals surface area contributed by atoms with E-state index in [1.165, 1.54) is 0 Å². The molecule has 0 radical (unpaired) electrons. The molecule has 0 saturated heterocycles. The third-order valence-corrected chi connectivity index (χ3v) is 5.04. The number of nitrogens with zero attached hydrogens (tertiary/aromatic N) is 2. The van der Waals surface area contributed by atoms with Crippen molar-refractivity contribution in [2.75, 3.05) is 18.4 Å². The first-order valence-corrected chi connectivity index (χ1v) is 10.2. The smallest absolute Gasteiger partial charge is 0.410 e. The predicted molar refractivity (Wildman–Crippen MR) is 122 cm³/mol. The second-order valence-electron chi connectivity index (χ2n) is 8.52. The lowest BCUT2D eigenvalue weighted by atomic mass is 10.0. The lowest BCUT2D eigenvalue weighted by Crippen LogP contribution is -2.36. The van der Waals surface area contributed by atoms with Crippen LogP contribution in [0.15, 0.2) is 72.6 Å². The fraction of sp³-hybridized carbons (Fsp3) is 0.240. The van der Waals surface area contributed by atoms with Crippen molar-refractivity contribution in [3.05, 3.63) is 78.1 Å². The van der Waals surface area contributed by atoms with Crippen LogP contribution >= 0.6 is 0 Å². The average Bonchev–Trinajstić information content (AvgIpc) is 3.19. The highest BCUT2D eigenvalue weighted by molar-refractivity contribution is 6.13. The topological polar surface area (TPSA) is 71.5 Å². The summed E-state index contributed by atoms with van der Waals surface area (Å²) < 4.78 is 5.53. The van der Waals surface area contributed by atoms with Crippen molar-refractivity contribution < 1.29 is 14.3 Å². The fourth-order valence-electron chi connectivity index (χ4n) is 3.63. The second kappa shape index (κ2) is 8.22. The SMILES string of the molecule is CC(C)(C)OC(=O)N1CC(C(=O)Nc2cccc3cnccc23)=C(c2ccccc2)C1. The average molecular weight is 415 g/mol. The van der Waals surface area contributed by atoms with Crippen LogP contribution in [-0.4, -0.2) is 40.6 Å². The maximum absolute atomic E-state index is 13.3. The molecule has 1 aliphatic heterocycles. The highest BCUT2D eigenvalue weighted by Crippen LogP contribution is 2.30. The van der Waals surface area contributed by atoms with Gasteiger partial charge in [-0.1, -0.05) is 42.5 Å². The first-order chi connectivity index (χ1) is 14.8. The summed E-state index contributed by atoms with van der Waals surface area (Å²) in [4.78, 5) is 31.7. The van der Waals surface area contributed by atoms with Gasteiger partial charge in [0.15, 0.2) is 0 Å². The van der Waals surface area contributed by atoms with Gasteiger partial charge >= 0.3 is 6.09 Å². The molecule has 0 unspecified atom stereocenters. The third kappa shape index (κ3) is 4.58. The molecule has 1 N–H and O–H groups in total. The number of aromatic nitrogens is 1. The minimum Gasteiger partial charge on any atom is -0.444 e. The van der Waals surface area contributed by atoms with Gasteiger partial charge in [-0.05, 0) is 44.0 Å². The summed E-state index contributed by atoms with van der Waals surface area (Å²) in [5.74, 6) is -0.228. The lowest BCUT2D eigenvalue weighted by Gasteiger charge is -2.24. The molecule has 1 aromatic heterocycles. The number of hydrogen-bond acceptors (Lipinski definition) is 4. The number of hydrogen-bond donors (Lipinski definition) is 1. The van der Waals surface area contributed by atoms with Gasteiger partial charge in [0, 0.05) is 34.4 Å². The summed E-state index contributed by atoms with van der Waals surface area (Å²) in [5.41, 5.74) is 2.40. The van der Waals surface area contributed by atoms with Crippen LogP contribution < -0.4 is 5.32 Å². The van der Waals surface area contributed by atoms with Gasteiger partial charge in [0.05, 0.1) is 13.1 Å². The summed E-state index contributed by atoms with van der Waals surface area (Å²) >= 11 is 0. The van der Waals surface area contributed by atoms with E-state index in [1.807, 2.05) is 75.4 Å². The van der Waals surface area contributed by atoms with Gasteiger partial charge in [0.1, 0.15) is 5.60 Å². The van der Waals surface area contributed by atoms with E-state index in [-0.39, 0.29) is 12.5 Å². The number of benzene rings is 2. The summed E-state index contributed by atoms with van der Waals surface area (Å²) in [6.45, 7) is 6.00. The summed E-state index contributed by atoms with van der Waals surface area (Å²) in [5, 5.41) is 4.89. The van der Waals surface area contributed by atoms with Crippen LogP contribution in [0.2, 0.25) is 0 Å². The van der Waals surface area contributed by atoms with Crippen LogP contribution in [0.1, 0.15) is 26.3 Å². The fourth-order valence-corrected chi connectivity index (χ4v) is 3.63. The van der Waals surface area contributed by atoms with Gasteiger partial charge in [-0.2, -0.15) is 0 Å². The minimum atomic E-state index is -0.605. The molecular formula is C25H25N3O3. The van der Waals surface area contributed by atoms with E-state index in [0.29, 0.717) is 17.8 Å². The zero-order chi connectivity index (χ0) is 22.0. The molecule has 31 heavy (non-hydrogen) atoms. The van der Waals surface area contributed by atoms with Crippen LogP contribution in [0.25, 0.3) is 16.3 Å². The summed E-state index contributed by atoms with van der Waals surface area (Å²) in [6.07, 6.45) is 3.03. The Morgan fingerprint density at radius 1 is 1.00 bits per heavy atom. The van der Waals surface area contributed by atoms with E-state index >= 15 is 0 Å². The molecule has 0 bridgehead atoms. The van der Waals surface area contributed by atoms with E-state index in [9.17, 15) is 9.59 Å². The maximum atomic E-state index is 13.3. The van der Waals surface area contributed by atoms with E-state index < -0.39 is 11.7 Å². The highest BCUT2D eigenvalue weighted by Gasteiger charge is 2.33. The van der Waals surface area contributed by atoms with Crippen molar-refractivity contribution in [1.29, 1.82) is 0 Å². The van der Waals surface area contributed by atoms with Crippen molar-refractivity contribution in [3.63, 3.8) is 0 Å². The lowest BCUT2D eigenvalue weighted by molar-refractivity contribution is -0.112. The molecule has 0 aliphatic carbocycles. The van der Waals surface area contributed by atoms with Crippen LogP contribution in [0.5, 0.6) is 0 Å². The monoisotopic (exact) mass is 415 g/mol. The molecule has 6 nitrogen and oxygen atoms in total. The van der Waals surface area contributed by atoms with Crippen molar-refractivity contribution in [3.8, 4) is 0 Å². The Labute approximate surface area is 181 Å². The number of nitrogens with one attached hydrogen (secondary N) is 1. The molecule has 0 saturated carbocycles. The number of pyridine rings is 1. The molecule has 0 spiro atoms. The van der Waals surface area contributed by atoms with Crippen molar-refractivity contribution in [2.24, 2.45) is 0 Å². The van der Waals surface area contributed by atoms with Crippen molar-refractivity contribution >= 4 is 34.0 Å².